The van der Waals surface area contributed by atoms with E-state index in [1.807, 2.05) is 32.0 Å². The minimum atomic E-state index is -0.0132. The molecule has 4 nitrogen and oxygen atoms in total. The van der Waals surface area contributed by atoms with Crippen LogP contribution in [0.25, 0.3) is 0 Å². The number of nitriles is 1. The second kappa shape index (κ2) is 10.2. The molecule has 1 amide bonds. The first-order chi connectivity index (χ1) is 14.4. The Bertz CT molecular complexity index is 962. The Morgan fingerprint density at radius 3 is 2.70 bits per heavy atom. The predicted molar refractivity (Wildman–Crippen MR) is 125 cm³/mol. The molecule has 0 fully saturated rings. The summed E-state index contributed by atoms with van der Waals surface area (Å²) >= 11 is 13.7. The smallest absolute Gasteiger partial charge is 0.228 e. The normalized spacial score (nSPS) is 15.9. The van der Waals surface area contributed by atoms with Crippen molar-refractivity contribution >= 4 is 45.4 Å². The summed E-state index contributed by atoms with van der Waals surface area (Å²) in [5.74, 6) is 0.00383. The highest BCUT2D eigenvalue weighted by molar-refractivity contribution is 7.16. The number of carbonyl (C=O) groups excluding carboxylic acids is 1. The van der Waals surface area contributed by atoms with Gasteiger partial charge in [0.05, 0.1) is 15.6 Å². The van der Waals surface area contributed by atoms with Gasteiger partial charge in [-0.3, -0.25) is 9.69 Å². The van der Waals surface area contributed by atoms with Crippen molar-refractivity contribution in [1.82, 2.24) is 4.90 Å². The topological polar surface area (TPSA) is 56.1 Å². The molecule has 160 valence electrons. The van der Waals surface area contributed by atoms with Crippen molar-refractivity contribution in [2.45, 2.75) is 58.5 Å². The van der Waals surface area contributed by atoms with Crippen LogP contribution in [-0.2, 0) is 24.2 Å². The number of nitrogens with one attached hydrogen (secondary N) is 1. The largest absolute Gasteiger partial charge is 0.316 e. The second-order valence-corrected chi connectivity index (χ2v) is 9.80. The van der Waals surface area contributed by atoms with Crippen molar-refractivity contribution in [3.8, 4) is 6.07 Å². The third-order valence-electron chi connectivity index (χ3n) is 5.98. The number of rotatable bonds is 7. The molecule has 1 atom stereocenters. The summed E-state index contributed by atoms with van der Waals surface area (Å²) < 4.78 is 0. The third kappa shape index (κ3) is 5.00. The molecule has 3 rings (SSSR count). The van der Waals surface area contributed by atoms with E-state index in [1.165, 1.54) is 4.88 Å². The lowest BCUT2D eigenvalue weighted by atomic mass is 9.91. The quantitative estimate of drug-likeness (QED) is 0.524. The number of benzene rings is 1. The highest BCUT2D eigenvalue weighted by atomic mass is 35.5. The monoisotopic (exact) mass is 463 g/mol. The van der Waals surface area contributed by atoms with Crippen molar-refractivity contribution in [3.05, 3.63) is 49.8 Å². The first kappa shape index (κ1) is 23.1. The summed E-state index contributed by atoms with van der Waals surface area (Å²) in [4.78, 5) is 16.1. The molecule has 1 heterocycles. The Morgan fingerprint density at radius 1 is 1.33 bits per heavy atom. The Kier molecular flexibility index (Phi) is 7.81. The summed E-state index contributed by atoms with van der Waals surface area (Å²) in [6, 6.07) is 8.46. The lowest BCUT2D eigenvalue weighted by Crippen LogP contribution is -2.35. The Hall–Kier alpha value is -1.58. The molecular formula is C23H27Cl2N3OS. The van der Waals surface area contributed by atoms with E-state index in [0.29, 0.717) is 26.7 Å². The second-order valence-electron chi connectivity index (χ2n) is 7.88. The predicted octanol–water partition coefficient (Wildman–Crippen LogP) is 6.29. The first-order valence-corrected chi connectivity index (χ1v) is 11.9. The fourth-order valence-corrected chi connectivity index (χ4v) is 5.67. The van der Waals surface area contributed by atoms with E-state index in [0.717, 1.165) is 49.8 Å². The number of amides is 1. The first-order valence-electron chi connectivity index (χ1n) is 10.4. The van der Waals surface area contributed by atoms with Crippen LogP contribution < -0.4 is 5.32 Å². The van der Waals surface area contributed by atoms with Gasteiger partial charge in [0.1, 0.15) is 11.1 Å². The van der Waals surface area contributed by atoms with Crippen LogP contribution in [0.15, 0.2) is 18.2 Å². The minimum Gasteiger partial charge on any atom is -0.316 e. The molecule has 0 bridgehead atoms. The molecule has 0 aliphatic heterocycles. The molecule has 0 saturated heterocycles. The number of nitrogens with zero attached hydrogens (tertiary/aromatic N) is 2. The minimum absolute atomic E-state index is 0.0132. The van der Waals surface area contributed by atoms with Crippen LogP contribution in [0.1, 0.15) is 54.7 Å². The van der Waals surface area contributed by atoms with E-state index in [9.17, 15) is 10.1 Å². The molecule has 7 heteroatoms. The average Bonchev–Trinajstić information content (AvgIpc) is 3.07. The number of halogens is 2. The molecule has 0 radical (unpaired) electrons. The summed E-state index contributed by atoms with van der Waals surface area (Å²) in [5, 5.41) is 14.6. The fraction of sp³-hybridized carbons (Fsp3) is 0.478. The number of thiophene rings is 1. The van der Waals surface area contributed by atoms with Crippen LogP contribution in [0.5, 0.6) is 0 Å². The maximum absolute atomic E-state index is 12.5. The van der Waals surface area contributed by atoms with E-state index < -0.39 is 0 Å². The molecule has 1 aromatic carbocycles. The van der Waals surface area contributed by atoms with E-state index in [2.05, 4.69) is 23.3 Å². The number of carbonyl (C=O) groups is 1. The van der Waals surface area contributed by atoms with Crippen LogP contribution in [0.2, 0.25) is 10.0 Å². The summed E-state index contributed by atoms with van der Waals surface area (Å²) in [7, 11) is 2.12. The third-order valence-corrected chi connectivity index (χ3v) is 7.89. The summed E-state index contributed by atoms with van der Waals surface area (Å²) in [5.41, 5.74) is 2.89. The van der Waals surface area contributed by atoms with Gasteiger partial charge in [-0.2, -0.15) is 5.26 Å². The fourth-order valence-electron chi connectivity index (χ4n) is 4.08. The van der Waals surface area contributed by atoms with Crippen LogP contribution in [-0.4, -0.2) is 23.9 Å². The average molecular weight is 464 g/mol. The van der Waals surface area contributed by atoms with E-state index >= 15 is 0 Å². The summed E-state index contributed by atoms with van der Waals surface area (Å²) in [6.07, 6.45) is 4.32. The highest BCUT2D eigenvalue weighted by Gasteiger charge is 2.29. The van der Waals surface area contributed by atoms with Gasteiger partial charge in [-0.1, -0.05) is 43.1 Å². The molecule has 1 unspecified atom stereocenters. The zero-order valence-electron chi connectivity index (χ0n) is 17.6. The van der Waals surface area contributed by atoms with Gasteiger partial charge < -0.3 is 5.32 Å². The Morgan fingerprint density at radius 2 is 2.07 bits per heavy atom. The molecule has 0 saturated carbocycles. The van der Waals surface area contributed by atoms with Gasteiger partial charge in [0.2, 0.25) is 5.91 Å². The number of hydrogen-bond donors (Lipinski definition) is 1. The SMILES string of the molecule is CCC(CC)C(=O)Nc1sc2c(c1C#N)CCC(N(C)Cc1ccc(Cl)c(Cl)c1)C2. The van der Waals surface area contributed by atoms with Gasteiger partial charge in [0.25, 0.3) is 0 Å². The number of hydrogen-bond acceptors (Lipinski definition) is 4. The van der Waals surface area contributed by atoms with Crippen molar-refractivity contribution in [1.29, 1.82) is 5.26 Å². The van der Waals surface area contributed by atoms with E-state index in [-0.39, 0.29) is 11.8 Å². The van der Waals surface area contributed by atoms with Crippen molar-refractivity contribution in [2.24, 2.45) is 5.92 Å². The molecule has 1 aromatic heterocycles. The van der Waals surface area contributed by atoms with Crippen molar-refractivity contribution < 1.29 is 4.79 Å². The van der Waals surface area contributed by atoms with Crippen molar-refractivity contribution in [3.63, 3.8) is 0 Å². The van der Waals surface area contributed by atoms with Gasteiger partial charge in [-0.15, -0.1) is 11.3 Å². The molecule has 1 N–H and O–H groups in total. The van der Waals surface area contributed by atoms with Gasteiger partial charge in [0.15, 0.2) is 0 Å². The molecule has 2 aromatic rings. The van der Waals surface area contributed by atoms with Crippen LogP contribution >= 0.6 is 34.5 Å². The van der Waals surface area contributed by atoms with Gasteiger partial charge in [-0.25, -0.2) is 0 Å². The standard InChI is InChI=1S/C23H27Cl2N3OS/c1-4-15(5-2)22(29)27-23-18(12-26)17-8-7-16(11-21(17)30-23)28(3)13-14-6-9-19(24)20(25)10-14/h6,9-10,15-16H,4-5,7-8,11,13H2,1-3H3,(H,27,29). The molecule has 0 spiro atoms. The highest BCUT2D eigenvalue weighted by Crippen LogP contribution is 2.39. The maximum atomic E-state index is 12.5. The lowest BCUT2D eigenvalue weighted by Gasteiger charge is -2.31. The van der Waals surface area contributed by atoms with E-state index in [1.54, 1.807) is 11.3 Å². The van der Waals surface area contributed by atoms with Gasteiger partial charge >= 0.3 is 0 Å². The maximum Gasteiger partial charge on any atom is 0.228 e. The molecular weight excluding hydrogens is 437 g/mol. The Labute approximate surface area is 192 Å². The molecule has 1 aliphatic carbocycles. The van der Waals surface area contributed by atoms with Gasteiger partial charge in [-0.05, 0) is 62.4 Å². The zero-order chi connectivity index (χ0) is 21.8. The van der Waals surface area contributed by atoms with E-state index in [4.69, 9.17) is 23.2 Å². The molecule has 1 aliphatic rings. The summed E-state index contributed by atoms with van der Waals surface area (Å²) in [6.45, 7) is 4.82. The zero-order valence-corrected chi connectivity index (χ0v) is 19.9. The van der Waals surface area contributed by atoms with Crippen LogP contribution in [0.4, 0.5) is 5.00 Å². The van der Waals surface area contributed by atoms with Gasteiger partial charge in [0, 0.05) is 23.4 Å². The molecule has 30 heavy (non-hydrogen) atoms. The van der Waals surface area contributed by atoms with Crippen LogP contribution in [0.3, 0.4) is 0 Å². The van der Waals surface area contributed by atoms with Crippen molar-refractivity contribution in [2.75, 3.05) is 12.4 Å². The number of anilines is 1. The lowest BCUT2D eigenvalue weighted by molar-refractivity contribution is -0.120. The number of likely N-dealkylation sites (N-methyl/N-ethyl adjacent to an activating group) is 1. The number of fused-ring (bicyclic) bond motifs is 1. The van der Waals surface area contributed by atoms with Crippen LogP contribution in [0, 0.1) is 17.2 Å². The Balaban J connectivity index is 1.73.